The van der Waals surface area contributed by atoms with Gasteiger partial charge < -0.3 is 4.74 Å². The molecule has 1 aromatic rings. The summed E-state index contributed by atoms with van der Waals surface area (Å²) in [5.41, 5.74) is 2.00. The minimum absolute atomic E-state index is 0.593. The average molecular weight is 260 g/mol. The minimum Gasteiger partial charge on any atom is -0.494 e. The molecule has 0 amide bonds. The van der Waals surface area contributed by atoms with Crippen molar-refractivity contribution in [2.24, 2.45) is 14.5 Å². The smallest absolute Gasteiger partial charge is 0.208 e. The van der Waals surface area contributed by atoms with Crippen LogP contribution < -0.4 is 4.74 Å². The first-order valence-corrected chi connectivity index (χ1v) is 6.49. The summed E-state index contributed by atoms with van der Waals surface area (Å²) < 4.78 is 9.47. The monoisotopic (exact) mass is 260 g/mol. The Morgan fingerprint density at radius 1 is 1.33 bits per heavy atom. The van der Waals surface area contributed by atoms with Crippen LogP contribution in [0.4, 0.5) is 0 Å². The van der Waals surface area contributed by atoms with Gasteiger partial charge in [0.25, 0.3) is 0 Å². The first-order valence-electron chi connectivity index (χ1n) is 5.71. The molecule has 0 saturated heterocycles. The highest BCUT2D eigenvalue weighted by atomic mass is 32.2. The van der Waals surface area contributed by atoms with Crippen molar-refractivity contribution < 1.29 is 4.74 Å². The number of hydrazone groups is 1. The van der Waals surface area contributed by atoms with Crippen molar-refractivity contribution in [3.8, 4) is 5.75 Å². The molecule has 0 fully saturated rings. The summed E-state index contributed by atoms with van der Waals surface area (Å²) in [6.07, 6.45) is 1.68. The number of ether oxygens (including phenoxy) is 1. The van der Waals surface area contributed by atoms with Gasteiger partial charge in [0.05, 0.1) is 30.8 Å². The Morgan fingerprint density at radius 3 is 2.94 bits per heavy atom. The third-order valence-electron chi connectivity index (χ3n) is 2.58. The van der Waals surface area contributed by atoms with Crippen molar-refractivity contribution in [1.82, 2.24) is 5.01 Å². The predicted octanol–water partition coefficient (Wildman–Crippen LogP) is 2.15. The molecule has 0 aromatic heterocycles. The van der Waals surface area contributed by atoms with Crippen molar-refractivity contribution in [2.45, 2.75) is 6.92 Å². The second-order valence-corrected chi connectivity index (χ2v) is 4.52. The van der Waals surface area contributed by atoms with E-state index in [9.17, 15) is 0 Å². The van der Waals surface area contributed by atoms with Crippen LogP contribution in [0.1, 0.15) is 12.5 Å². The molecular weight excluding hydrogens is 248 g/mol. The zero-order valence-electron chi connectivity index (χ0n) is 9.91. The fraction of sp³-hybridized carbons (Fsp3) is 0.250. The summed E-state index contributed by atoms with van der Waals surface area (Å²) >= 11 is 1.35. The number of nitrogens with zero attached hydrogens (tertiary/aromatic N) is 4. The molecule has 6 heteroatoms. The standard InChI is InChI=1S/C12H12N4OS/c1-2-17-10-5-3-9(4-6-10)11-7-13-12-16(15-11)8-14-18-12/h3-6,8H,2,7H2,1H3. The summed E-state index contributed by atoms with van der Waals surface area (Å²) in [5, 5.41) is 7.04. The maximum Gasteiger partial charge on any atom is 0.208 e. The number of amidine groups is 1. The van der Waals surface area contributed by atoms with E-state index in [-0.39, 0.29) is 0 Å². The highest BCUT2D eigenvalue weighted by Crippen LogP contribution is 2.21. The lowest BCUT2D eigenvalue weighted by molar-refractivity contribution is 0.340. The normalized spacial score (nSPS) is 17.3. The Labute approximate surface area is 109 Å². The molecule has 0 atom stereocenters. The Kier molecular flexibility index (Phi) is 3.02. The number of benzene rings is 1. The van der Waals surface area contributed by atoms with Gasteiger partial charge in [-0.2, -0.15) is 14.5 Å². The third-order valence-corrected chi connectivity index (χ3v) is 3.26. The largest absolute Gasteiger partial charge is 0.494 e. The first kappa shape index (κ1) is 11.3. The highest BCUT2D eigenvalue weighted by molar-refractivity contribution is 8.13. The molecule has 0 spiro atoms. The zero-order chi connectivity index (χ0) is 12.4. The zero-order valence-corrected chi connectivity index (χ0v) is 10.7. The van der Waals surface area contributed by atoms with Crippen molar-refractivity contribution in [3.05, 3.63) is 29.8 Å². The quantitative estimate of drug-likeness (QED) is 0.782. The fourth-order valence-electron chi connectivity index (χ4n) is 1.74. The van der Waals surface area contributed by atoms with E-state index in [1.165, 1.54) is 11.9 Å². The molecule has 5 nitrogen and oxygen atoms in total. The lowest BCUT2D eigenvalue weighted by Crippen LogP contribution is -2.26. The van der Waals surface area contributed by atoms with Crippen LogP contribution in [0.5, 0.6) is 5.75 Å². The summed E-state index contributed by atoms with van der Waals surface area (Å²) in [7, 11) is 0. The lowest BCUT2D eigenvalue weighted by atomic mass is 10.1. The second-order valence-electron chi connectivity index (χ2n) is 3.76. The molecule has 0 bridgehead atoms. The van der Waals surface area contributed by atoms with Crippen LogP contribution in [-0.4, -0.2) is 35.4 Å². The summed E-state index contributed by atoms with van der Waals surface area (Å²) in [4.78, 5) is 4.43. The van der Waals surface area contributed by atoms with Gasteiger partial charge in [-0.1, -0.05) is 0 Å². The molecule has 2 aliphatic heterocycles. The van der Waals surface area contributed by atoms with Crippen LogP contribution in [0.25, 0.3) is 0 Å². The summed E-state index contributed by atoms with van der Waals surface area (Å²) in [6, 6.07) is 7.91. The lowest BCUT2D eigenvalue weighted by Gasteiger charge is -2.16. The van der Waals surface area contributed by atoms with E-state index >= 15 is 0 Å². The van der Waals surface area contributed by atoms with E-state index in [0.717, 1.165) is 22.2 Å². The molecule has 3 rings (SSSR count). The van der Waals surface area contributed by atoms with Crippen LogP contribution in [0.2, 0.25) is 0 Å². The maximum absolute atomic E-state index is 5.42. The predicted molar refractivity (Wildman–Crippen MR) is 74.4 cm³/mol. The van der Waals surface area contributed by atoms with Crippen LogP contribution in [0.3, 0.4) is 0 Å². The van der Waals surface area contributed by atoms with Crippen molar-refractivity contribution >= 4 is 29.2 Å². The molecule has 2 aliphatic rings. The Morgan fingerprint density at radius 2 is 2.17 bits per heavy atom. The summed E-state index contributed by atoms with van der Waals surface area (Å²) in [6.45, 7) is 3.24. The van der Waals surface area contributed by atoms with Crippen LogP contribution in [0.15, 0.2) is 38.8 Å². The second kappa shape index (κ2) is 4.81. The van der Waals surface area contributed by atoms with Crippen LogP contribution in [-0.2, 0) is 0 Å². The van der Waals surface area contributed by atoms with Gasteiger partial charge in [-0.05, 0) is 36.8 Å². The molecule has 1 aromatic carbocycles. The average Bonchev–Trinajstić information content (AvgIpc) is 2.87. The molecule has 0 aliphatic carbocycles. The van der Waals surface area contributed by atoms with Crippen LogP contribution >= 0.6 is 11.9 Å². The van der Waals surface area contributed by atoms with Gasteiger partial charge >= 0.3 is 0 Å². The van der Waals surface area contributed by atoms with E-state index in [4.69, 9.17) is 4.74 Å². The first-order chi connectivity index (χ1) is 8.86. The van der Waals surface area contributed by atoms with Gasteiger partial charge in [0.15, 0.2) is 0 Å². The number of aliphatic imine (C=N–C) groups is 1. The number of fused-ring (bicyclic) bond motifs is 1. The van der Waals surface area contributed by atoms with Gasteiger partial charge in [-0.25, -0.2) is 0 Å². The molecule has 0 radical (unpaired) electrons. The van der Waals surface area contributed by atoms with Gasteiger partial charge in [0.1, 0.15) is 12.1 Å². The fourth-order valence-corrected chi connectivity index (χ4v) is 2.26. The molecular formula is C12H12N4OS. The number of rotatable bonds is 3. The van der Waals surface area contributed by atoms with Gasteiger partial charge in [0, 0.05) is 0 Å². The van der Waals surface area contributed by atoms with E-state index in [2.05, 4.69) is 14.5 Å². The molecule has 0 saturated carbocycles. The van der Waals surface area contributed by atoms with Crippen molar-refractivity contribution in [3.63, 3.8) is 0 Å². The summed E-state index contributed by atoms with van der Waals surface area (Å²) in [5.74, 6) is 0.875. The van der Waals surface area contributed by atoms with Gasteiger partial charge in [0.2, 0.25) is 5.17 Å². The Hall–Kier alpha value is -1.82. The molecule has 92 valence electrons. The maximum atomic E-state index is 5.42. The SMILES string of the molecule is CCOc1ccc(C2=NN3C=NSC3=NC2)cc1. The molecule has 2 heterocycles. The molecule has 18 heavy (non-hydrogen) atoms. The topological polar surface area (TPSA) is 49.5 Å². The van der Waals surface area contributed by atoms with Gasteiger partial charge in [-0.3, -0.25) is 4.99 Å². The number of hydrogen-bond donors (Lipinski definition) is 0. The highest BCUT2D eigenvalue weighted by Gasteiger charge is 2.21. The minimum atomic E-state index is 0.593. The number of hydrogen-bond acceptors (Lipinski definition) is 6. The van der Waals surface area contributed by atoms with Crippen molar-refractivity contribution in [2.75, 3.05) is 13.2 Å². The third kappa shape index (κ3) is 2.11. The Bertz CT molecular complexity index is 536. The van der Waals surface area contributed by atoms with E-state index < -0.39 is 0 Å². The van der Waals surface area contributed by atoms with E-state index in [1.54, 1.807) is 11.3 Å². The van der Waals surface area contributed by atoms with Crippen LogP contribution in [0, 0.1) is 0 Å². The van der Waals surface area contributed by atoms with E-state index in [0.29, 0.717) is 13.2 Å². The van der Waals surface area contributed by atoms with Gasteiger partial charge in [-0.15, -0.1) is 0 Å². The van der Waals surface area contributed by atoms with Crippen molar-refractivity contribution in [1.29, 1.82) is 0 Å². The molecule has 0 N–H and O–H groups in total. The Balaban J connectivity index is 1.81. The van der Waals surface area contributed by atoms with E-state index in [1.807, 2.05) is 31.2 Å². The molecule has 0 unspecified atom stereocenters.